The molecule has 0 unspecified atom stereocenters. The quantitative estimate of drug-likeness (QED) is 0.931. The molecule has 20 heavy (non-hydrogen) atoms. The zero-order valence-corrected chi connectivity index (χ0v) is 12.8. The van der Waals surface area contributed by atoms with Gasteiger partial charge in [0.15, 0.2) is 0 Å². The van der Waals surface area contributed by atoms with Crippen molar-refractivity contribution in [3.63, 3.8) is 0 Å². The van der Waals surface area contributed by atoms with E-state index < -0.39 is 9.84 Å². The van der Waals surface area contributed by atoms with E-state index in [2.05, 4.69) is 36.5 Å². The van der Waals surface area contributed by atoms with Crippen molar-refractivity contribution in [3.8, 4) is 0 Å². The molecule has 0 bridgehead atoms. The maximum absolute atomic E-state index is 11.4. The summed E-state index contributed by atoms with van der Waals surface area (Å²) in [6.45, 7) is 2.14. The first-order valence-corrected chi connectivity index (χ1v) is 9.37. The van der Waals surface area contributed by atoms with Crippen molar-refractivity contribution in [1.82, 2.24) is 5.32 Å². The highest BCUT2D eigenvalue weighted by Gasteiger charge is 2.33. The van der Waals surface area contributed by atoms with Crippen molar-refractivity contribution >= 4 is 9.84 Å². The molecule has 110 valence electrons. The third-order valence-corrected chi connectivity index (χ3v) is 6.39. The van der Waals surface area contributed by atoms with Crippen LogP contribution in [-0.2, 0) is 9.84 Å². The Morgan fingerprint density at radius 1 is 1.10 bits per heavy atom. The fourth-order valence-electron chi connectivity index (χ4n) is 3.34. The zero-order valence-electron chi connectivity index (χ0n) is 12.0. The van der Waals surface area contributed by atoms with E-state index in [-0.39, 0.29) is 0 Å². The molecule has 3 rings (SSSR count). The smallest absolute Gasteiger partial charge is 0.150 e. The van der Waals surface area contributed by atoms with Gasteiger partial charge in [-0.15, -0.1) is 0 Å². The van der Waals surface area contributed by atoms with Gasteiger partial charge in [-0.2, -0.15) is 0 Å². The van der Waals surface area contributed by atoms with Crippen molar-refractivity contribution in [3.05, 3.63) is 35.4 Å². The summed E-state index contributed by atoms with van der Waals surface area (Å²) in [4.78, 5) is 0. The molecule has 4 heteroatoms. The number of sulfone groups is 1. The second-order valence-corrected chi connectivity index (χ2v) is 8.68. The summed E-state index contributed by atoms with van der Waals surface area (Å²) in [5, 5.41) is 3.64. The van der Waals surface area contributed by atoms with E-state index in [0.29, 0.717) is 29.5 Å². The first-order chi connectivity index (χ1) is 9.52. The van der Waals surface area contributed by atoms with Crippen LogP contribution in [0.1, 0.15) is 42.7 Å². The lowest BCUT2D eigenvalue weighted by atomic mass is 9.75. The fraction of sp³-hybridized carbons (Fsp3) is 0.625. The van der Waals surface area contributed by atoms with Gasteiger partial charge in [-0.1, -0.05) is 29.8 Å². The van der Waals surface area contributed by atoms with Gasteiger partial charge in [0, 0.05) is 12.1 Å². The number of benzene rings is 1. The number of nitrogens with one attached hydrogen (secondary N) is 1. The largest absolute Gasteiger partial charge is 0.311 e. The second kappa shape index (κ2) is 5.49. The number of rotatable bonds is 3. The van der Waals surface area contributed by atoms with Crippen molar-refractivity contribution in [2.45, 2.75) is 50.6 Å². The van der Waals surface area contributed by atoms with Gasteiger partial charge in [-0.3, -0.25) is 0 Å². The highest BCUT2D eigenvalue weighted by Crippen LogP contribution is 2.37. The Hall–Kier alpha value is -0.870. The highest BCUT2D eigenvalue weighted by atomic mass is 32.2. The van der Waals surface area contributed by atoms with E-state index in [4.69, 9.17) is 0 Å². The molecule has 1 heterocycles. The first-order valence-electron chi connectivity index (χ1n) is 7.55. The third-order valence-electron chi connectivity index (χ3n) is 4.68. The number of hydrogen-bond acceptors (Lipinski definition) is 3. The summed E-state index contributed by atoms with van der Waals surface area (Å²) < 4.78 is 22.8. The first kappa shape index (κ1) is 14.1. The summed E-state index contributed by atoms with van der Waals surface area (Å²) in [5.74, 6) is 1.40. The van der Waals surface area contributed by atoms with Crippen LogP contribution in [0.5, 0.6) is 0 Å². The molecule has 3 nitrogen and oxygen atoms in total. The van der Waals surface area contributed by atoms with Crippen LogP contribution in [0, 0.1) is 6.92 Å². The fourth-order valence-corrected chi connectivity index (χ4v) is 4.83. The molecule has 2 aliphatic rings. The lowest BCUT2D eigenvalue weighted by Gasteiger charge is -2.39. The maximum Gasteiger partial charge on any atom is 0.150 e. The molecule has 0 atom stereocenters. The summed E-state index contributed by atoms with van der Waals surface area (Å²) >= 11 is 0. The molecule has 2 fully saturated rings. The average molecular weight is 293 g/mol. The Bertz CT molecular complexity index is 562. The third kappa shape index (κ3) is 3.23. The van der Waals surface area contributed by atoms with Crippen LogP contribution < -0.4 is 5.32 Å². The summed E-state index contributed by atoms with van der Waals surface area (Å²) in [5.41, 5.74) is 2.78. The van der Waals surface area contributed by atoms with Crippen molar-refractivity contribution in [2.24, 2.45) is 0 Å². The van der Waals surface area contributed by atoms with Crippen LogP contribution in [0.2, 0.25) is 0 Å². The van der Waals surface area contributed by atoms with E-state index in [1.807, 2.05) is 0 Å². The molecule has 1 N–H and O–H groups in total. The standard InChI is InChI=1S/C16H23NO2S/c1-12-3-2-4-13(9-12)14-10-16(11-14)17-15-5-7-20(18,19)8-6-15/h2-4,9,14-17H,5-8,10-11H2,1H3. The second-order valence-electron chi connectivity index (χ2n) is 6.37. The Balaban J connectivity index is 1.47. The van der Waals surface area contributed by atoms with Gasteiger partial charge >= 0.3 is 0 Å². The minimum absolute atomic E-state index is 0.360. The summed E-state index contributed by atoms with van der Waals surface area (Å²) in [7, 11) is -2.74. The number of hydrogen-bond donors (Lipinski definition) is 1. The van der Waals surface area contributed by atoms with E-state index in [1.165, 1.54) is 24.0 Å². The zero-order chi connectivity index (χ0) is 14.2. The Morgan fingerprint density at radius 3 is 2.45 bits per heavy atom. The van der Waals surface area contributed by atoms with E-state index >= 15 is 0 Å². The molecule has 1 aromatic carbocycles. The number of aryl methyl sites for hydroxylation is 1. The van der Waals surface area contributed by atoms with Crippen LogP contribution >= 0.6 is 0 Å². The molecule has 0 spiro atoms. The van der Waals surface area contributed by atoms with Crippen LogP contribution in [0.15, 0.2) is 24.3 Å². The van der Waals surface area contributed by atoms with E-state index in [0.717, 1.165) is 12.8 Å². The van der Waals surface area contributed by atoms with Gasteiger partial charge in [0.25, 0.3) is 0 Å². The minimum atomic E-state index is -2.74. The van der Waals surface area contributed by atoms with Gasteiger partial charge in [0.1, 0.15) is 9.84 Å². The van der Waals surface area contributed by atoms with Crippen molar-refractivity contribution < 1.29 is 8.42 Å². The Labute approximate surface area is 121 Å². The predicted octanol–water partition coefficient (Wildman–Crippen LogP) is 2.41. The molecule has 0 radical (unpaired) electrons. The van der Waals surface area contributed by atoms with E-state index in [9.17, 15) is 8.42 Å². The highest BCUT2D eigenvalue weighted by molar-refractivity contribution is 7.91. The lowest BCUT2D eigenvalue weighted by molar-refractivity contribution is 0.257. The topological polar surface area (TPSA) is 46.2 Å². The summed E-state index contributed by atoms with van der Waals surface area (Å²) in [6.07, 6.45) is 3.95. The van der Waals surface area contributed by atoms with Gasteiger partial charge in [-0.25, -0.2) is 8.42 Å². The van der Waals surface area contributed by atoms with Crippen molar-refractivity contribution in [2.75, 3.05) is 11.5 Å². The van der Waals surface area contributed by atoms with Crippen LogP contribution in [0.25, 0.3) is 0 Å². The molecule has 1 aliphatic heterocycles. The molecule has 0 aromatic heterocycles. The lowest BCUT2D eigenvalue weighted by Crippen LogP contribution is -2.48. The molecule has 0 amide bonds. The van der Waals surface area contributed by atoms with Crippen LogP contribution in [0.3, 0.4) is 0 Å². The molecular weight excluding hydrogens is 270 g/mol. The monoisotopic (exact) mass is 293 g/mol. The molecule has 1 saturated heterocycles. The van der Waals surface area contributed by atoms with E-state index in [1.54, 1.807) is 0 Å². The molecule has 1 aliphatic carbocycles. The minimum Gasteiger partial charge on any atom is -0.311 e. The molecule has 1 aromatic rings. The Morgan fingerprint density at radius 2 is 1.80 bits per heavy atom. The summed E-state index contributed by atoms with van der Waals surface area (Å²) in [6, 6.07) is 9.76. The predicted molar refractivity (Wildman–Crippen MR) is 81.8 cm³/mol. The van der Waals surface area contributed by atoms with Gasteiger partial charge in [0.2, 0.25) is 0 Å². The van der Waals surface area contributed by atoms with Gasteiger partial charge < -0.3 is 5.32 Å². The molecular formula is C16H23NO2S. The van der Waals surface area contributed by atoms with Crippen molar-refractivity contribution in [1.29, 1.82) is 0 Å². The average Bonchev–Trinajstić information content (AvgIpc) is 2.35. The van der Waals surface area contributed by atoms with Gasteiger partial charge in [-0.05, 0) is 44.1 Å². The normalized spacial score (nSPS) is 29.9. The van der Waals surface area contributed by atoms with Crippen LogP contribution in [0.4, 0.5) is 0 Å². The molecule has 1 saturated carbocycles. The Kier molecular flexibility index (Phi) is 3.87. The SMILES string of the molecule is Cc1cccc(C2CC(NC3CCS(=O)(=O)CC3)C2)c1. The van der Waals surface area contributed by atoms with Gasteiger partial charge in [0.05, 0.1) is 11.5 Å². The van der Waals surface area contributed by atoms with Crippen LogP contribution in [-0.4, -0.2) is 32.0 Å². The maximum atomic E-state index is 11.4.